The number of hydrogen-bond acceptors (Lipinski definition) is 0. The van der Waals surface area contributed by atoms with Crippen LogP contribution in [0.15, 0.2) is 24.3 Å². The average Bonchev–Trinajstić information content (AvgIpc) is 2.87. The highest BCUT2D eigenvalue weighted by Gasteiger charge is 2.13. The van der Waals surface area contributed by atoms with Crippen LogP contribution in [0, 0.1) is 0 Å². The van der Waals surface area contributed by atoms with Crippen molar-refractivity contribution in [2.24, 2.45) is 7.05 Å². The normalized spacial score (nSPS) is 10.5. The highest BCUT2D eigenvalue weighted by molar-refractivity contribution is 5.79. The van der Waals surface area contributed by atoms with Crippen molar-refractivity contribution in [2.45, 2.75) is 69.2 Å². The van der Waals surface area contributed by atoms with Crippen molar-refractivity contribution in [1.29, 1.82) is 0 Å². The first-order chi connectivity index (χ1) is 11.7. The molecule has 0 bridgehead atoms. The number of rotatable bonds is 4. The van der Waals surface area contributed by atoms with Gasteiger partial charge in [-0.1, -0.05) is 78.0 Å². The largest absolute Gasteiger partial charge is 0.344 e. The Morgan fingerprint density at radius 2 is 0.750 bits per heavy atom. The average molecular weight is 332 g/mol. The van der Waals surface area contributed by atoms with E-state index < -0.39 is 0 Å². The summed E-state index contributed by atoms with van der Waals surface area (Å²) in [6, 6.07) is 0. The highest BCUT2D eigenvalue weighted by atomic mass is 15.0. The first-order valence-electron chi connectivity index (χ1n) is 9.44. The van der Waals surface area contributed by atoms with E-state index in [1.165, 1.54) is 22.5 Å². The summed E-state index contributed by atoms with van der Waals surface area (Å²) in [5.74, 6) is 0. The van der Waals surface area contributed by atoms with E-state index in [1.54, 1.807) is 0 Å². The summed E-state index contributed by atoms with van der Waals surface area (Å²) in [5, 5.41) is 0. The Bertz CT molecular complexity index is 463. The van der Waals surface area contributed by atoms with Crippen LogP contribution in [-0.4, -0.2) is 4.57 Å². The van der Waals surface area contributed by atoms with Gasteiger partial charge in [0, 0.05) is 29.6 Å². The maximum Gasteiger partial charge on any atom is 0.0485 e. The van der Waals surface area contributed by atoms with Crippen LogP contribution in [0.4, 0.5) is 0 Å². The second-order valence-electron chi connectivity index (χ2n) is 4.16. The van der Waals surface area contributed by atoms with Gasteiger partial charge in [0.05, 0.1) is 0 Å². The standard InChI is InChI=1S/C17H23N.3C2H6/c1-6-10-14-15(11-7-2)17(13-9-4)18(5)16(14)12-8-3;3*1-2/h6-13H,1-5H3;3*1-2H3/b10-6-,11-7-,12-8-,13-9-;;;. The van der Waals surface area contributed by atoms with Crippen molar-refractivity contribution in [3.05, 3.63) is 46.8 Å². The topological polar surface area (TPSA) is 4.93 Å². The Hall–Kier alpha value is -1.76. The minimum atomic E-state index is 1.25. The lowest BCUT2D eigenvalue weighted by Gasteiger charge is -2.01. The smallest absolute Gasteiger partial charge is 0.0485 e. The molecule has 0 aromatic carbocycles. The predicted octanol–water partition coefficient (Wildman–Crippen LogP) is 8.24. The van der Waals surface area contributed by atoms with E-state index >= 15 is 0 Å². The fourth-order valence-electron chi connectivity index (χ4n) is 2.17. The van der Waals surface area contributed by atoms with Crippen LogP contribution in [-0.2, 0) is 7.05 Å². The van der Waals surface area contributed by atoms with Crippen molar-refractivity contribution in [2.75, 3.05) is 0 Å². The summed E-state index contributed by atoms with van der Waals surface area (Å²) in [5.41, 5.74) is 5.06. The molecule has 0 atom stereocenters. The van der Waals surface area contributed by atoms with Gasteiger partial charge in [-0.05, 0) is 39.8 Å². The Labute approximate surface area is 152 Å². The van der Waals surface area contributed by atoms with Crippen molar-refractivity contribution in [3.8, 4) is 0 Å². The maximum absolute atomic E-state index is 2.24. The molecule has 1 heteroatoms. The minimum Gasteiger partial charge on any atom is -0.344 e. The van der Waals surface area contributed by atoms with E-state index in [1.807, 2.05) is 41.5 Å². The van der Waals surface area contributed by atoms with Crippen LogP contribution >= 0.6 is 0 Å². The van der Waals surface area contributed by atoms with Gasteiger partial charge in [0.1, 0.15) is 0 Å². The van der Waals surface area contributed by atoms with Crippen LogP contribution in [0.25, 0.3) is 24.3 Å². The molecular formula is C23H41N. The van der Waals surface area contributed by atoms with Crippen LogP contribution in [0.2, 0.25) is 0 Å². The summed E-state index contributed by atoms with van der Waals surface area (Å²) >= 11 is 0. The molecule has 1 aromatic heterocycles. The van der Waals surface area contributed by atoms with Crippen LogP contribution < -0.4 is 0 Å². The fourth-order valence-corrected chi connectivity index (χ4v) is 2.17. The molecular weight excluding hydrogens is 290 g/mol. The van der Waals surface area contributed by atoms with E-state index in [0.29, 0.717) is 0 Å². The fraction of sp³-hybridized carbons (Fsp3) is 0.478. The van der Waals surface area contributed by atoms with Gasteiger partial charge < -0.3 is 4.57 Å². The lowest BCUT2D eigenvalue weighted by atomic mass is 10.1. The lowest BCUT2D eigenvalue weighted by molar-refractivity contribution is 0.900. The number of nitrogens with zero attached hydrogens (tertiary/aromatic N) is 1. The van der Waals surface area contributed by atoms with Gasteiger partial charge in [0.2, 0.25) is 0 Å². The third kappa shape index (κ3) is 8.19. The summed E-state index contributed by atoms with van der Waals surface area (Å²) in [6.45, 7) is 20.2. The molecule has 1 aromatic rings. The van der Waals surface area contributed by atoms with Crippen molar-refractivity contribution < 1.29 is 0 Å². The molecule has 1 heterocycles. The van der Waals surface area contributed by atoms with E-state index in [4.69, 9.17) is 0 Å². The third-order valence-corrected chi connectivity index (χ3v) is 2.88. The zero-order valence-corrected chi connectivity index (χ0v) is 18.1. The molecule has 0 spiro atoms. The molecule has 0 aliphatic heterocycles. The second-order valence-corrected chi connectivity index (χ2v) is 4.16. The molecule has 1 nitrogen and oxygen atoms in total. The second kappa shape index (κ2) is 19.3. The van der Waals surface area contributed by atoms with Gasteiger partial charge in [-0.15, -0.1) is 0 Å². The Morgan fingerprint density at radius 1 is 0.500 bits per heavy atom. The Kier molecular flexibility index (Phi) is 21.8. The van der Waals surface area contributed by atoms with Crippen LogP contribution in [0.5, 0.6) is 0 Å². The SMILES string of the molecule is C/C=C\c1c(/C=C\C)c(/C=C\C)n(C)c1/C=C\C.CC.CC.CC. The zero-order valence-electron chi connectivity index (χ0n) is 18.1. The molecule has 0 unspecified atom stereocenters. The maximum atomic E-state index is 2.24. The van der Waals surface area contributed by atoms with E-state index in [9.17, 15) is 0 Å². The number of allylic oxidation sites excluding steroid dienone is 4. The van der Waals surface area contributed by atoms with Crippen LogP contribution in [0.3, 0.4) is 0 Å². The lowest BCUT2D eigenvalue weighted by Crippen LogP contribution is -1.94. The van der Waals surface area contributed by atoms with Gasteiger partial charge in [-0.2, -0.15) is 0 Å². The molecule has 0 radical (unpaired) electrons. The first-order valence-corrected chi connectivity index (χ1v) is 9.44. The molecule has 0 fully saturated rings. The summed E-state index contributed by atoms with van der Waals surface area (Å²) in [7, 11) is 2.12. The molecule has 0 saturated carbocycles. The zero-order chi connectivity index (χ0) is 19.5. The first kappa shape index (κ1) is 27.1. The Morgan fingerprint density at radius 3 is 0.958 bits per heavy atom. The summed E-state index contributed by atoms with van der Waals surface area (Å²) in [6.07, 6.45) is 17.0. The molecule has 0 N–H and O–H groups in total. The summed E-state index contributed by atoms with van der Waals surface area (Å²) < 4.78 is 2.24. The predicted molar refractivity (Wildman–Crippen MR) is 118 cm³/mol. The van der Waals surface area contributed by atoms with Crippen molar-refractivity contribution in [3.63, 3.8) is 0 Å². The molecule has 0 aliphatic rings. The van der Waals surface area contributed by atoms with Gasteiger partial charge in [0.15, 0.2) is 0 Å². The molecule has 0 saturated heterocycles. The molecule has 1 rings (SSSR count). The van der Waals surface area contributed by atoms with Crippen LogP contribution in [0.1, 0.15) is 91.8 Å². The van der Waals surface area contributed by atoms with Crippen molar-refractivity contribution in [1.82, 2.24) is 4.57 Å². The third-order valence-electron chi connectivity index (χ3n) is 2.88. The minimum absolute atomic E-state index is 1.25. The van der Waals surface area contributed by atoms with Gasteiger partial charge in [0.25, 0.3) is 0 Å². The summed E-state index contributed by atoms with van der Waals surface area (Å²) in [4.78, 5) is 0. The quantitative estimate of drug-likeness (QED) is 0.523. The van der Waals surface area contributed by atoms with Crippen molar-refractivity contribution >= 4 is 24.3 Å². The van der Waals surface area contributed by atoms with Gasteiger partial charge >= 0.3 is 0 Å². The molecule has 0 amide bonds. The monoisotopic (exact) mass is 331 g/mol. The van der Waals surface area contributed by atoms with E-state index in [-0.39, 0.29) is 0 Å². The molecule has 138 valence electrons. The Balaban J connectivity index is -0.000000659. The number of aromatic nitrogens is 1. The van der Waals surface area contributed by atoms with E-state index in [0.717, 1.165) is 0 Å². The van der Waals surface area contributed by atoms with E-state index in [2.05, 4.69) is 87.9 Å². The number of hydrogen-bond donors (Lipinski definition) is 0. The highest BCUT2D eigenvalue weighted by Crippen LogP contribution is 2.27. The van der Waals surface area contributed by atoms with Gasteiger partial charge in [-0.25, -0.2) is 0 Å². The van der Waals surface area contributed by atoms with Gasteiger partial charge in [-0.3, -0.25) is 0 Å². The molecule has 24 heavy (non-hydrogen) atoms. The molecule has 0 aliphatic carbocycles.